The Labute approximate surface area is 113 Å². The van der Waals surface area contributed by atoms with E-state index in [4.69, 9.17) is 5.26 Å². The highest BCUT2D eigenvalue weighted by Gasteiger charge is 2.33. The summed E-state index contributed by atoms with van der Waals surface area (Å²) >= 11 is 0. The summed E-state index contributed by atoms with van der Waals surface area (Å²) in [4.78, 5) is 0.0132. The van der Waals surface area contributed by atoms with E-state index in [9.17, 15) is 13.5 Å². The lowest BCUT2D eigenvalue weighted by Crippen LogP contribution is -2.45. The third-order valence-corrected chi connectivity index (χ3v) is 5.43. The molecule has 5 nitrogen and oxygen atoms in total. The molecule has 6 heteroatoms. The Morgan fingerprint density at radius 2 is 2.11 bits per heavy atom. The van der Waals surface area contributed by atoms with Crippen molar-refractivity contribution < 1.29 is 13.5 Å². The Morgan fingerprint density at radius 1 is 1.42 bits per heavy atom. The molecular formula is C13H16N2O3S. The van der Waals surface area contributed by atoms with E-state index in [2.05, 4.69) is 0 Å². The van der Waals surface area contributed by atoms with Gasteiger partial charge in [0, 0.05) is 13.1 Å². The molecule has 1 saturated heterocycles. The lowest BCUT2D eigenvalue weighted by atomic mass is 9.98. The van der Waals surface area contributed by atoms with Crippen LogP contribution in [0.3, 0.4) is 0 Å². The predicted octanol–water partition coefficient (Wildman–Crippen LogP) is 0.950. The molecule has 1 aliphatic rings. The standard InChI is InChI=1S/C13H16N2O3S/c1-10-6-7-15(9-12(10)16)19(17,18)13-5-3-2-4-11(13)8-14/h2-5,10,12,16H,6-7,9H2,1H3. The van der Waals surface area contributed by atoms with Crippen LogP contribution in [0.1, 0.15) is 18.9 Å². The van der Waals surface area contributed by atoms with Crippen molar-refractivity contribution in [3.63, 3.8) is 0 Å². The maximum Gasteiger partial charge on any atom is 0.244 e. The molecule has 0 saturated carbocycles. The molecule has 102 valence electrons. The Hall–Kier alpha value is -1.42. The number of aliphatic hydroxyl groups excluding tert-OH is 1. The number of hydrogen-bond acceptors (Lipinski definition) is 4. The van der Waals surface area contributed by atoms with E-state index in [1.807, 2.05) is 13.0 Å². The highest BCUT2D eigenvalue weighted by Crippen LogP contribution is 2.25. The van der Waals surface area contributed by atoms with Crippen LogP contribution in [0.5, 0.6) is 0 Å². The molecule has 2 unspecified atom stereocenters. The molecule has 2 rings (SSSR count). The molecular weight excluding hydrogens is 264 g/mol. The molecule has 1 fully saturated rings. The van der Waals surface area contributed by atoms with Gasteiger partial charge < -0.3 is 5.11 Å². The molecule has 1 heterocycles. The minimum absolute atomic E-state index is 0.0132. The van der Waals surface area contributed by atoms with Crippen molar-refractivity contribution in [1.29, 1.82) is 5.26 Å². The molecule has 1 aromatic carbocycles. The highest BCUT2D eigenvalue weighted by molar-refractivity contribution is 7.89. The maximum atomic E-state index is 12.5. The van der Waals surface area contributed by atoms with Crippen molar-refractivity contribution in [3.8, 4) is 6.07 Å². The van der Waals surface area contributed by atoms with Gasteiger partial charge in [0.25, 0.3) is 0 Å². The van der Waals surface area contributed by atoms with Gasteiger partial charge in [0.15, 0.2) is 0 Å². The molecule has 1 N–H and O–H groups in total. The number of rotatable bonds is 2. The second-order valence-electron chi connectivity index (χ2n) is 4.80. The maximum absolute atomic E-state index is 12.5. The van der Waals surface area contributed by atoms with Gasteiger partial charge in [-0.15, -0.1) is 0 Å². The third kappa shape index (κ3) is 2.63. The number of sulfonamides is 1. The number of β-amino-alcohol motifs (C(OH)–C–C–N with tert-alkyl or cyclic N) is 1. The number of nitriles is 1. The molecule has 0 amide bonds. The van der Waals surface area contributed by atoms with E-state index in [0.29, 0.717) is 13.0 Å². The molecule has 0 aromatic heterocycles. The summed E-state index contributed by atoms with van der Waals surface area (Å²) in [6, 6.07) is 8.03. The summed E-state index contributed by atoms with van der Waals surface area (Å²) < 4.78 is 26.2. The first-order chi connectivity index (χ1) is 8.96. The first-order valence-electron chi connectivity index (χ1n) is 6.14. The first kappa shape index (κ1) is 14.0. The number of hydrogen-bond donors (Lipinski definition) is 1. The van der Waals surface area contributed by atoms with Crippen LogP contribution in [0.4, 0.5) is 0 Å². The zero-order chi connectivity index (χ0) is 14.0. The van der Waals surface area contributed by atoms with E-state index < -0.39 is 16.1 Å². The number of benzene rings is 1. The molecule has 0 aliphatic carbocycles. The van der Waals surface area contributed by atoms with Crippen molar-refractivity contribution in [2.45, 2.75) is 24.3 Å². The lowest BCUT2D eigenvalue weighted by Gasteiger charge is -2.33. The fourth-order valence-electron chi connectivity index (χ4n) is 2.16. The minimum Gasteiger partial charge on any atom is -0.391 e. The number of nitrogens with zero attached hydrogens (tertiary/aromatic N) is 2. The van der Waals surface area contributed by atoms with E-state index in [-0.39, 0.29) is 22.9 Å². The van der Waals surface area contributed by atoms with Gasteiger partial charge in [-0.2, -0.15) is 9.57 Å². The summed E-state index contributed by atoms with van der Waals surface area (Å²) in [5, 5.41) is 18.8. The summed E-state index contributed by atoms with van der Waals surface area (Å²) in [6.45, 7) is 2.36. The summed E-state index contributed by atoms with van der Waals surface area (Å²) in [5.74, 6) is 0.0951. The Kier molecular flexibility index (Phi) is 3.90. The first-order valence-corrected chi connectivity index (χ1v) is 7.58. The second-order valence-corrected chi connectivity index (χ2v) is 6.71. The van der Waals surface area contributed by atoms with Crippen molar-refractivity contribution in [3.05, 3.63) is 29.8 Å². The highest BCUT2D eigenvalue weighted by atomic mass is 32.2. The van der Waals surface area contributed by atoms with Crippen LogP contribution in [0.15, 0.2) is 29.2 Å². The average molecular weight is 280 g/mol. The molecule has 0 radical (unpaired) electrons. The van der Waals surface area contributed by atoms with Gasteiger partial charge in [-0.1, -0.05) is 19.1 Å². The second kappa shape index (κ2) is 5.29. The van der Waals surface area contributed by atoms with Crippen molar-refractivity contribution in [1.82, 2.24) is 4.31 Å². The van der Waals surface area contributed by atoms with Crippen LogP contribution < -0.4 is 0 Å². The molecule has 1 aliphatic heterocycles. The zero-order valence-electron chi connectivity index (χ0n) is 10.7. The van der Waals surface area contributed by atoms with E-state index in [1.54, 1.807) is 12.1 Å². The SMILES string of the molecule is CC1CCN(S(=O)(=O)c2ccccc2C#N)CC1O. The summed E-state index contributed by atoms with van der Waals surface area (Å²) in [5.41, 5.74) is 0.135. The largest absolute Gasteiger partial charge is 0.391 e. The van der Waals surface area contributed by atoms with Gasteiger partial charge in [-0.25, -0.2) is 8.42 Å². The fourth-order valence-corrected chi connectivity index (χ4v) is 3.78. The number of aliphatic hydroxyl groups is 1. The normalized spacial score (nSPS) is 24.9. The van der Waals surface area contributed by atoms with Gasteiger partial charge in [0.2, 0.25) is 10.0 Å². The topological polar surface area (TPSA) is 81.4 Å². The van der Waals surface area contributed by atoms with Crippen LogP contribution in [0.25, 0.3) is 0 Å². The van der Waals surface area contributed by atoms with Crippen LogP contribution >= 0.6 is 0 Å². The molecule has 2 atom stereocenters. The van der Waals surface area contributed by atoms with Crippen molar-refractivity contribution in [2.75, 3.05) is 13.1 Å². The van der Waals surface area contributed by atoms with Crippen LogP contribution in [-0.2, 0) is 10.0 Å². The molecule has 0 bridgehead atoms. The van der Waals surface area contributed by atoms with Crippen LogP contribution in [-0.4, -0.2) is 37.0 Å². The Balaban J connectivity index is 2.36. The Bertz CT molecular complexity index is 607. The van der Waals surface area contributed by atoms with Crippen LogP contribution in [0, 0.1) is 17.2 Å². The van der Waals surface area contributed by atoms with Gasteiger partial charge >= 0.3 is 0 Å². The van der Waals surface area contributed by atoms with Crippen molar-refractivity contribution >= 4 is 10.0 Å². The number of piperidine rings is 1. The van der Waals surface area contributed by atoms with E-state index in [1.165, 1.54) is 16.4 Å². The van der Waals surface area contributed by atoms with E-state index in [0.717, 1.165) is 0 Å². The fraction of sp³-hybridized carbons (Fsp3) is 0.462. The average Bonchev–Trinajstić information content (AvgIpc) is 2.41. The minimum atomic E-state index is -3.71. The van der Waals surface area contributed by atoms with Gasteiger partial charge in [-0.05, 0) is 24.5 Å². The third-order valence-electron chi connectivity index (χ3n) is 3.51. The summed E-state index contributed by atoms with van der Waals surface area (Å²) in [7, 11) is -3.71. The molecule has 19 heavy (non-hydrogen) atoms. The Morgan fingerprint density at radius 3 is 2.74 bits per heavy atom. The smallest absolute Gasteiger partial charge is 0.244 e. The molecule has 1 aromatic rings. The van der Waals surface area contributed by atoms with Gasteiger partial charge in [0.1, 0.15) is 6.07 Å². The lowest BCUT2D eigenvalue weighted by molar-refractivity contribution is 0.0605. The van der Waals surface area contributed by atoms with Gasteiger partial charge in [0.05, 0.1) is 16.6 Å². The van der Waals surface area contributed by atoms with Crippen molar-refractivity contribution in [2.24, 2.45) is 5.92 Å². The molecule has 0 spiro atoms. The van der Waals surface area contributed by atoms with Crippen LogP contribution in [0.2, 0.25) is 0 Å². The van der Waals surface area contributed by atoms with E-state index >= 15 is 0 Å². The zero-order valence-corrected chi connectivity index (χ0v) is 11.5. The summed E-state index contributed by atoms with van der Waals surface area (Å²) in [6.07, 6.45) is -0.0347. The predicted molar refractivity (Wildman–Crippen MR) is 69.7 cm³/mol. The monoisotopic (exact) mass is 280 g/mol. The van der Waals surface area contributed by atoms with Gasteiger partial charge in [-0.3, -0.25) is 0 Å². The quantitative estimate of drug-likeness (QED) is 0.874.